The second-order valence-electron chi connectivity index (χ2n) is 6.59. The summed E-state index contributed by atoms with van der Waals surface area (Å²) >= 11 is 0. The molecule has 0 aliphatic carbocycles. The third-order valence-electron chi connectivity index (χ3n) is 4.30. The van der Waals surface area contributed by atoms with Gasteiger partial charge in [-0.2, -0.15) is 0 Å². The zero-order chi connectivity index (χ0) is 18.7. The van der Waals surface area contributed by atoms with Crippen LogP contribution in [0.3, 0.4) is 0 Å². The van der Waals surface area contributed by atoms with E-state index in [1.807, 2.05) is 51.1 Å². The molecule has 2 aromatic heterocycles. The van der Waals surface area contributed by atoms with Crippen LogP contribution < -0.4 is 10.6 Å². The van der Waals surface area contributed by atoms with Gasteiger partial charge >= 0.3 is 0 Å². The predicted octanol–water partition coefficient (Wildman–Crippen LogP) is 4.44. The number of hydrogen-bond donors (Lipinski definition) is 2. The number of nitrogens with one attached hydrogen (secondary N) is 2. The molecule has 3 aromatic rings. The minimum Gasteiger partial charge on any atom is -0.336 e. The molecule has 0 unspecified atom stereocenters. The Kier molecular flexibility index (Phi) is 6.93. The Morgan fingerprint density at radius 2 is 2.00 bits per heavy atom. The molecule has 0 aliphatic rings. The van der Waals surface area contributed by atoms with E-state index in [0.717, 1.165) is 23.5 Å². The first-order chi connectivity index (χ1) is 12.5. The third-order valence-corrected chi connectivity index (χ3v) is 4.30. The van der Waals surface area contributed by atoms with Crippen LogP contribution in [0.2, 0.25) is 0 Å². The fourth-order valence-corrected chi connectivity index (χ4v) is 2.83. The number of anilines is 1. The van der Waals surface area contributed by atoms with E-state index in [0.29, 0.717) is 28.9 Å². The number of fused-ring (bicyclic) bond motifs is 1. The summed E-state index contributed by atoms with van der Waals surface area (Å²) in [6.07, 6.45) is 0. The molecule has 3 rings (SSSR count). The fourth-order valence-electron chi connectivity index (χ4n) is 2.83. The lowest BCUT2D eigenvalue weighted by Gasteiger charge is -2.13. The van der Waals surface area contributed by atoms with Crippen molar-refractivity contribution in [2.45, 2.75) is 40.2 Å². The number of aromatic nitrogens is 2. The highest BCUT2D eigenvalue weighted by atomic mass is 35.5. The zero-order valence-corrected chi connectivity index (χ0v) is 16.8. The average Bonchev–Trinajstić information content (AvgIpc) is 3.01. The number of carbonyl (C=O) groups is 1. The van der Waals surface area contributed by atoms with Gasteiger partial charge in [0.15, 0.2) is 0 Å². The van der Waals surface area contributed by atoms with Crippen LogP contribution in [0.15, 0.2) is 34.9 Å². The highest BCUT2D eigenvalue weighted by Gasteiger charge is 2.20. The monoisotopic (exact) mass is 388 g/mol. The van der Waals surface area contributed by atoms with Gasteiger partial charge in [0.25, 0.3) is 11.6 Å². The van der Waals surface area contributed by atoms with Gasteiger partial charge in [-0.05, 0) is 37.1 Å². The number of pyridine rings is 1. The molecular weight excluding hydrogens is 364 g/mol. The molecule has 2 N–H and O–H groups in total. The van der Waals surface area contributed by atoms with Gasteiger partial charge < -0.3 is 15.2 Å². The highest BCUT2D eigenvalue weighted by Crippen LogP contribution is 2.26. The average molecular weight is 389 g/mol. The molecule has 0 spiro atoms. The van der Waals surface area contributed by atoms with E-state index in [-0.39, 0.29) is 24.2 Å². The summed E-state index contributed by atoms with van der Waals surface area (Å²) in [4.78, 5) is 17.5. The van der Waals surface area contributed by atoms with Gasteiger partial charge in [-0.25, -0.2) is 4.98 Å². The van der Waals surface area contributed by atoms with E-state index in [1.54, 1.807) is 0 Å². The molecular formula is C20H25ClN4O2. The van der Waals surface area contributed by atoms with Crippen molar-refractivity contribution in [2.75, 3.05) is 11.9 Å². The Balaban J connectivity index is 0.00000261. The van der Waals surface area contributed by atoms with Crippen molar-refractivity contribution in [3.8, 4) is 0 Å². The lowest BCUT2D eigenvalue weighted by molar-refractivity contribution is 0.102. The molecule has 6 nitrogen and oxygen atoms in total. The van der Waals surface area contributed by atoms with E-state index < -0.39 is 0 Å². The van der Waals surface area contributed by atoms with Crippen molar-refractivity contribution >= 4 is 35.1 Å². The molecule has 0 radical (unpaired) electrons. The molecule has 144 valence electrons. The molecule has 0 saturated carbocycles. The van der Waals surface area contributed by atoms with Crippen LogP contribution in [0.5, 0.6) is 0 Å². The Bertz CT molecular complexity index is 937. The van der Waals surface area contributed by atoms with Gasteiger partial charge in [-0.3, -0.25) is 4.79 Å². The number of para-hydroxylation sites is 1. The maximum absolute atomic E-state index is 13.1. The number of hydrogen-bond acceptors (Lipinski definition) is 5. The lowest BCUT2D eigenvalue weighted by Crippen LogP contribution is -2.17. The van der Waals surface area contributed by atoms with Crippen LogP contribution in [0.1, 0.15) is 54.0 Å². The molecule has 0 aliphatic heterocycles. The van der Waals surface area contributed by atoms with E-state index >= 15 is 0 Å². The van der Waals surface area contributed by atoms with E-state index in [4.69, 9.17) is 4.52 Å². The molecule has 0 atom stereocenters. The summed E-state index contributed by atoms with van der Waals surface area (Å²) in [6.45, 7) is 9.50. The minimum absolute atomic E-state index is 0. The topological polar surface area (TPSA) is 80.0 Å². The Morgan fingerprint density at radius 1 is 1.26 bits per heavy atom. The van der Waals surface area contributed by atoms with Crippen molar-refractivity contribution in [2.24, 2.45) is 0 Å². The Labute approximate surface area is 165 Å². The zero-order valence-electron chi connectivity index (χ0n) is 16.0. The van der Waals surface area contributed by atoms with Gasteiger partial charge in [0.1, 0.15) is 0 Å². The van der Waals surface area contributed by atoms with Crippen molar-refractivity contribution in [3.05, 3.63) is 52.8 Å². The standard InChI is InChI=1S/C20H24N4O2.ClH/c1-5-21-11-14-8-6-7-9-16(14)22-19(25)15-10-17(12(2)3)23-20-18(15)13(4)24-26-20;/h6-10,12,21H,5,11H2,1-4H3,(H,22,25);1H. The normalized spacial score (nSPS) is 10.9. The largest absolute Gasteiger partial charge is 0.336 e. The predicted molar refractivity (Wildman–Crippen MR) is 110 cm³/mol. The summed E-state index contributed by atoms with van der Waals surface area (Å²) in [7, 11) is 0. The summed E-state index contributed by atoms with van der Waals surface area (Å²) < 4.78 is 5.31. The molecule has 0 fully saturated rings. The van der Waals surface area contributed by atoms with E-state index in [1.165, 1.54) is 0 Å². The van der Waals surface area contributed by atoms with Crippen molar-refractivity contribution in [3.63, 3.8) is 0 Å². The van der Waals surface area contributed by atoms with Crippen molar-refractivity contribution < 1.29 is 9.32 Å². The highest BCUT2D eigenvalue weighted by molar-refractivity contribution is 6.12. The lowest BCUT2D eigenvalue weighted by atomic mass is 10.0. The summed E-state index contributed by atoms with van der Waals surface area (Å²) in [5, 5.41) is 11.0. The third kappa shape index (κ3) is 4.46. The maximum atomic E-state index is 13.1. The number of nitrogens with zero attached hydrogens (tertiary/aromatic N) is 2. The molecule has 0 saturated heterocycles. The first kappa shape index (κ1) is 20.9. The smallest absolute Gasteiger partial charge is 0.259 e. The number of aryl methyl sites for hydroxylation is 1. The second kappa shape index (κ2) is 8.97. The van der Waals surface area contributed by atoms with E-state index in [9.17, 15) is 4.79 Å². The van der Waals surface area contributed by atoms with Gasteiger partial charge in [-0.1, -0.05) is 44.1 Å². The van der Waals surface area contributed by atoms with Crippen LogP contribution in [-0.4, -0.2) is 22.6 Å². The Hall–Kier alpha value is -2.44. The minimum atomic E-state index is -0.186. The van der Waals surface area contributed by atoms with Crippen LogP contribution >= 0.6 is 12.4 Å². The molecule has 27 heavy (non-hydrogen) atoms. The molecule has 0 bridgehead atoms. The molecule has 1 aromatic carbocycles. The SMILES string of the molecule is CCNCc1ccccc1NC(=O)c1cc(C(C)C)nc2onc(C)c12.Cl. The van der Waals surface area contributed by atoms with Gasteiger partial charge in [-0.15, -0.1) is 12.4 Å². The molecule has 7 heteroatoms. The first-order valence-electron chi connectivity index (χ1n) is 8.88. The number of halogens is 1. The maximum Gasteiger partial charge on any atom is 0.259 e. The van der Waals surface area contributed by atoms with Crippen LogP contribution in [0.4, 0.5) is 5.69 Å². The number of benzene rings is 1. The summed E-state index contributed by atoms with van der Waals surface area (Å²) in [5.74, 6) is -0.00746. The molecule has 1 amide bonds. The summed E-state index contributed by atoms with van der Waals surface area (Å²) in [6, 6.07) is 9.63. The Morgan fingerprint density at radius 3 is 2.70 bits per heavy atom. The summed E-state index contributed by atoms with van der Waals surface area (Å²) in [5.41, 5.74) is 4.24. The van der Waals surface area contributed by atoms with Crippen LogP contribution in [-0.2, 0) is 6.54 Å². The second-order valence-corrected chi connectivity index (χ2v) is 6.59. The van der Waals surface area contributed by atoms with Gasteiger partial charge in [0.05, 0.1) is 16.6 Å². The van der Waals surface area contributed by atoms with Crippen molar-refractivity contribution in [1.82, 2.24) is 15.5 Å². The van der Waals surface area contributed by atoms with E-state index in [2.05, 4.69) is 27.7 Å². The van der Waals surface area contributed by atoms with Crippen molar-refractivity contribution in [1.29, 1.82) is 0 Å². The first-order valence-corrected chi connectivity index (χ1v) is 8.88. The molecule has 2 heterocycles. The quantitative estimate of drug-likeness (QED) is 0.652. The van der Waals surface area contributed by atoms with Gasteiger partial charge in [0, 0.05) is 17.9 Å². The number of carbonyl (C=O) groups excluding carboxylic acids is 1. The van der Waals surface area contributed by atoms with Crippen LogP contribution in [0, 0.1) is 6.92 Å². The number of rotatable bonds is 6. The van der Waals surface area contributed by atoms with Gasteiger partial charge in [0.2, 0.25) is 0 Å². The fraction of sp³-hybridized carbons (Fsp3) is 0.350. The van der Waals surface area contributed by atoms with Crippen LogP contribution in [0.25, 0.3) is 11.1 Å². The number of amides is 1.